The number of pyridine rings is 2. The molecule has 96 valence electrons. The molecule has 0 spiro atoms. The van der Waals surface area contributed by atoms with Gasteiger partial charge in [0, 0.05) is 37.8 Å². The largest absolute Gasteiger partial charge is 0.383 e. The van der Waals surface area contributed by atoms with Crippen molar-refractivity contribution in [3.05, 3.63) is 42.4 Å². The summed E-state index contributed by atoms with van der Waals surface area (Å²) < 4.78 is 4.95. The Morgan fingerprint density at radius 3 is 2.79 bits per heavy atom. The third-order valence-corrected chi connectivity index (χ3v) is 2.62. The van der Waals surface area contributed by atoms with Crippen molar-refractivity contribution in [1.82, 2.24) is 9.97 Å². The molecule has 2 heterocycles. The van der Waals surface area contributed by atoms with Crippen molar-refractivity contribution in [3.63, 3.8) is 0 Å². The molecule has 0 radical (unpaired) electrons. The van der Waals surface area contributed by atoms with Crippen molar-refractivity contribution >= 4 is 5.82 Å². The first-order valence-electron chi connectivity index (χ1n) is 5.88. The zero-order chi connectivity index (χ0) is 13.5. The minimum absolute atomic E-state index is 0.519. The van der Waals surface area contributed by atoms with Crippen LogP contribution < -0.4 is 5.32 Å². The molecule has 0 aliphatic carbocycles. The summed E-state index contributed by atoms with van der Waals surface area (Å²) in [5, 5.41) is 12.2. The van der Waals surface area contributed by atoms with Crippen LogP contribution in [0.2, 0.25) is 0 Å². The van der Waals surface area contributed by atoms with Crippen molar-refractivity contribution < 1.29 is 4.74 Å². The van der Waals surface area contributed by atoms with E-state index in [-0.39, 0.29) is 0 Å². The Labute approximate surface area is 111 Å². The molecule has 2 aromatic heterocycles. The summed E-state index contributed by atoms with van der Waals surface area (Å²) >= 11 is 0. The first-order chi connectivity index (χ1) is 9.35. The van der Waals surface area contributed by atoms with Gasteiger partial charge >= 0.3 is 0 Å². The Kier molecular flexibility index (Phi) is 4.43. The summed E-state index contributed by atoms with van der Waals surface area (Å²) in [5.74, 6) is 0.581. The minimum atomic E-state index is 0.519. The molecule has 2 aromatic rings. The molecule has 0 saturated heterocycles. The van der Waals surface area contributed by atoms with Gasteiger partial charge < -0.3 is 10.1 Å². The van der Waals surface area contributed by atoms with Crippen LogP contribution in [0.4, 0.5) is 5.82 Å². The van der Waals surface area contributed by atoms with E-state index in [1.165, 1.54) is 0 Å². The van der Waals surface area contributed by atoms with Gasteiger partial charge in [-0.3, -0.25) is 4.98 Å². The van der Waals surface area contributed by atoms with Crippen LogP contribution in [0.1, 0.15) is 5.56 Å². The average molecular weight is 254 g/mol. The zero-order valence-corrected chi connectivity index (χ0v) is 10.6. The van der Waals surface area contributed by atoms with Crippen LogP contribution in [0, 0.1) is 11.3 Å². The second kappa shape index (κ2) is 6.47. The molecule has 0 atom stereocenters. The number of nitriles is 1. The maximum absolute atomic E-state index is 9.17. The summed E-state index contributed by atoms with van der Waals surface area (Å²) in [4.78, 5) is 8.26. The number of ether oxygens (including phenoxy) is 1. The standard InChI is InChI=1S/C14H14N4O/c1-19-7-6-17-14-12(9-15)8-13(10-18-14)11-2-4-16-5-3-11/h2-5,8,10H,6-7H2,1H3,(H,17,18). The van der Waals surface area contributed by atoms with Crippen LogP contribution >= 0.6 is 0 Å². The van der Waals surface area contributed by atoms with Gasteiger partial charge in [0.25, 0.3) is 0 Å². The van der Waals surface area contributed by atoms with Crippen molar-refractivity contribution in [3.8, 4) is 17.2 Å². The fourth-order valence-electron chi connectivity index (χ4n) is 1.66. The minimum Gasteiger partial charge on any atom is -0.383 e. The van der Waals surface area contributed by atoms with Gasteiger partial charge in [-0.05, 0) is 23.8 Å². The van der Waals surface area contributed by atoms with E-state index in [9.17, 15) is 5.26 Å². The molecule has 0 aromatic carbocycles. The van der Waals surface area contributed by atoms with Gasteiger partial charge in [-0.2, -0.15) is 5.26 Å². The van der Waals surface area contributed by atoms with E-state index in [0.717, 1.165) is 11.1 Å². The number of hydrogen-bond donors (Lipinski definition) is 1. The maximum Gasteiger partial charge on any atom is 0.144 e. The third kappa shape index (κ3) is 3.27. The maximum atomic E-state index is 9.17. The molecule has 0 bridgehead atoms. The number of aromatic nitrogens is 2. The Morgan fingerprint density at radius 2 is 2.11 bits per heavy atom. The molecule has 0 amide bonds. The highest BCUT2D eigenvalue weighted by Crippen LogP contribution is 2.21. The van der Waals surface area contributed by atoms with E-state index >= 15 is 0 Å². The molecule has 19 heavy (non-hydrogen) atoms. The van der Waals surface area contributed by atoms with E-state index in [4.69, 9.17) is 4.74 Å². The number of nitrogens with one attached hydrogen (secondary N) is 1. The molecular weight excluding hydrogens is 240 g/mol. The van der Waals surface area contributed by atoms with E-state index in [1.54, 1.807) is 25.7 Å². The van der Waals surface area contributed by atoms with E-state index in [0.29, 0.717) is 24.5 Å². The molecule has 0 unspecified atom stereocenters. The molecule has 0 aliphatic rings. The van der Waals surface area contributed by atoms with E-state index < -0.39 is 0 Å². The summed E-state index contributed by atoms with van der Waals surface area (Å²) in [7, 11) is 1.63. The SMILES string of the molecule is COCCNc1ncc(-c2ccncc2)cc1C#N. The Bertz CT molecular complexity index is 578. The number of methoxy groups -OCH3 is 1. The van der Waals surface area contributed by atoms with E-state index in [1.807, 2.05) is 18.2 Å². The van der Waals surface area contributed by atoms with Gasteiger partial charge in [0.1, 0.15) is 11.9 Å². The number of rotatable bonds is 5. The van der Waals surface area contributed by atoms with Crippen molar-refractivity contribution in [2.75, 3.05) is 25.6 Å². The van der Waals surface area contributed by atoms with Crippen LogP contribution in [-0.2, 0) is 4.74 Å². The predicted octanol–water partition coefficient (Wildman–Crippen LogP) is 2.07. The molecule has 5 nitrogen and oxygen atoms in total. The average Bonchev–Trinajstić information content (AvgIpc) is 2.48. The Hall–Kier alpha value is -2.45. The predicted molar refractivity (Wildman–Crippen MR) is 72.5 cm³/mol. The molecule has 0 aliphatic heterocycles. The summed E-state index contributed by atoms with van der Waals surface area (Å²) in [6.45, 7) is 1.19. The smallest absolute Gasteiger partial charge is 0.144 e. The second-order valence-corrected chi connectivity index (χ2v) is 3.89. The van der Waals surface area contributed by atoms with Gasteiger partial charge in [0.2, 0.25) is 0 Å². The Morgan fingerprint density at radius 1 is 1.32 bits per heavy atom. The topological polar surface area (TPSA) is 70.8 Å². The lowest BCUT2D eigenvalue weighted by Crippen LogP contribution is -2.10. The van der Waals surface area contributed by atoms with Crippen LogP contribution in [0.3, 0.4) is 0 Å². The monoisotopic (exact) mass is 254 g/mol. The Balaban J connectivity index is 2.24. The van der Waals surface area contributed by atoms with Crippen LogP contribution in [0.5, 0.6) is 0 Å². The fraction of sp³-hybridized carbons (Fsp3) is 0.214. The summed E-state index contributed by atoms with van der Waals surface area (Å²) in [5.41, 5.74) is 2.41. The quantitative estimate of drug-likeness (QED) is 0.827. The molecule has 2 rings (SSSR count). The summed E-state index contributed by atoms with van der Waals surface area (Å²) in [6, 6.07) is 7.74. The van der Waals surface area contributed by atoms with E-state index in [2.05, 4.69) is 21.4 Å². The third-order valence-electron chi connectivity index (χ3n) is 2.62. The van der Waals surface area contributed by atoms with Crippen LogP contribution in [-0.4, -0.2) is 30.2 Å². The highest BCUT2D eigenvalue weighted by Gasteiger charge is 2.06. The van der Waals surface area contributed by atoms with Crippen LogP contribution in [0.25, 0.3) is 11.1 Å². The molecule has 0 saturated carbocycles. The van der Waals surface area contributed by atoms with Crippen molar-refractivity contribution in [2.24, 2.45) is 0 Å². The second-order valence-electron chi connectivity index (χ2n) is 3.89. The molecule has 0 fully saturated rings. The van der Waals surface area contributed by atoms with Crippen molar-refractivity contribution in [2.45, 2.75) is 0 Å². The number of anilines is 1. The zero-order valence-electron chi connectivity index (χ0n) is 10.6. The first-order valence-corrected chi connectivity index (χ1v) is 5.88. The highest BCUT2D eigenvalue weighted by atomic mass is 16.5. The van der Waals surface area contributed by atoms with Gasteiger partial charge in [0.15, 0.2) is 0 Å². The van der Waals surface area contributed by atoms with Gasteiger partial charge in [-0.15, -0.1) is 0 Å². The highest BCUT2D eigenvalue weighted by molar-refractivity contribution is 5.67. The molecular formula is C14H14N4O. The van der Waals surface area contributed by atoms with Gasteiger partial charge in [-0.25, -0.2) is 4.98 Å². The number of hydrogen-bond acceptors (Lipinski definition) is 5. The summed E-state index contributed by atoms with van der Waals surface area (Å²) in [6.07, 6.45) is 5.17. The fourth-order valence-corrected chi connectivity index (χ4v) is 1.66. The normalized spacial score (nSPS) is 9.89. The molecule has 1 N–H and O–H groups in total. The lowest BCUT2D eigenvalue weighted by Gasteiger charge is -2.08. The van der Waals surface area contributed by atoms with Gasteiger partial charge in [-0.1, -0.05) is 0 Å². The van der Waals surface area contributed by atoms with Crippen molar-refractivity contribution in [1.29, 1.82) is 5.26 Å². The first kappa shape index (κ1) is 13.0. The molecule has 5 heteroatoms. The number of nitrogens with zero attached hydrogens (tertiary/aromatic N) is 3. The van der Waals surface area contributed by atoms with Crippen LogP contribution in [0.15, 0.2) is 36.8 Å². The lowest BCUT2D eigenvalue weighted by molar-refractivity contribution is 0.210. The van der Waals surface area contributed by atoms with Gasteiger partial charge in [0.05, 0.1) is 12.2 Å². The lowest BCUT2D eigenvalue weighted by atomic mass is 10.1.